The van der Waals surface area contributed by atoms with Crippen LogP contribution in [0.1, 0.15) is 50.7 Å². The molecule has 1 amide bonds. The van der Waals surface area contributed by atoms with Crippen LogP contribution < -0.4 is 10.1 Å². The minimum atomic E-state index is -0.375. The monoisotopic (exact) mass is 426 g/mol. The maximum Gasteiger partial charge on any atom is 0.292 e. The average Bonchev–Trinajstić information content (AvgIpc) is 3.31. The number of amides is 1. The molecule has 2 heterocycles. The Morgan fingerprint density at radius 1 is 1.31 bits per heavy atom. The molecular formula is C22H19ClN2O3S. The lowest BCUT2D eigenvalue weighted by Crippen LogP contribution is -2.11. The summed E-state index contributed by atoms with van der Waals surface area (Å²) in [5.41, 5.74) is 2.60. The number of thiophene rings is 1. The van der Waals surface area contributed by atoms with Gasteiger partial charge in [0, 0.05) is 4.88 Å². The predicted octanol–water partition coefficient (Wildman–Crippen LogP) is 5.88. The Bertz CT molecular complexity index is 1090. The number of rotatable bonds is 5. The largest absolute Gasteiger partial charge is 0.484 e. The normalized spacial score (nSPS) is 12.9. The van der Waals surface area contributed by atoms with Crippen LogP contribution in [0.4, 0.5) is 5.00 Å². The number of benzene rings is 1. The summed E-state index contributed by atoms with van der Waals surface area (Å²) >= 11 is 7.66. The molecule has 0 radical (unpaired) electrons. The number of halogens is 1. The van der Waals surface area contributed by atoms with Crippen molar-refractivity contribution in [3.8, 4) is 11.8 Å². The lowest BCUT2D eigenvalue weighted by Gasteiger charge is -2.09. The number of nitrogens with one attached hydrogen (secondary N) is 1. The number of anilines is 1. The van der Waals surface area contributed by atoms with Crippen LogP contribution in [0.5, 0.6) is 5.75 Å². The Hall–Kier alpha value is -2.75. The van der Waals surface area contributed by atoms with E-state index in [-0.39, 0.29) is 18.3 Å². The first-order valence-electron chi connectivity index (χ1n) is 9.39. The van der Waals surface area contributed by atoms with Crippen molar-refractivity contribution in [2.75, 3.05) is 5.32 Å². The molecule has 1 N–H and O–H groups in total. The Morgan fingerprint density at radius 2 is 2.14 bits per heavy atom. The number of furan rings is 1. The fraction of sp³-hybridized carbons (Fsp3) is 0.273. The van der Waals surface area contributed by atoms with Crippen molar-refractivity contribution in [3.05, 3.63) is 68.4 Å². The van der Waals surface area contributed by atoms with Crippen molar-refractivity contribution in [2.45, 2.75) is 39.2 Å². The van der Waals surface area contributed by atoms with Gasteiger partial charge >= 0.3 is 0 Å². The molecule has 0 fully saturated rings. The van der Waals surface area contributed by atoms with Crippen LogP contribution in [-0.4, -0.2) is 5.91 Å². The van der Waals surface area contributed by atoms with Gasteiger partial charge in [0.15, 0.2) is 5.76 Å². The molecule has 7 heteroatoms. The van der Waals surface area contributed by atoms with Gasteiger partial charge in [-0.25, -0.2) is 0 Å². The number of carbonyl (C=O) groups is 1. The highest BCUT2D eigenvalue weighted by Crippen LogP contribution is 2.38. The smallest absolute Gasteiger partial charge is 0.292 e. The van der Waals surface area contributed by atoms with Gasteiger partial charge in [-0.1, -0.05) is 23.7 Å². The van der Waals surface area contributed by atoms with Gasteiger partial charge in [0.2, 0.25) is 0 Å². The van der Waals surface area contributed by atoms with Crippen molar-refractivity contribution in [3.63, 3.8) is 0 Å². The molecule has 5 nitrogen and oxygen atoms in total. The van der Waals surface area contributed by atoms with Gasteiger partial charge in [0.25, 0.3) is 5.91 Å². The van der Waals surface area contributed by atoms with Crippen molar-refractivity contribution < 1.29 is 13.9 Å². The van der Waals surface area contributed by atoms with E-state index in [1.54, 1.807) is 18.2 Å². The van der Waals surface area contributed by atoms with Crippen LogP contribution in [0, 0.1) is 18.3 Å². The molecule has 1 aromatic carbocycles. The average molecular weight is 427 g/mol. The molecule has 0 aliphatic heterocycles. The summed E-state index contributed by atoms with van der Waals surface area (Å²) in [6.07, 6.45) is 4.07. The fourth-order valence-corrected chi connectivity index (χ4v) is 4.97. The van der Waals surface area contributed by atoms with E-state index in [0.29, 0.717) is 27.1 Å². The van der Waals surface area contributed by atoms with Crippen LogP contribution in [0.3, 0.4) is 0 Å². The van der Waals surface area contributed by atoms with E-state index >= 15 is 0 Å². The van der Waals surface area contributed by atoms with Gasteiger partial charge in [-0.15, -0.1) is 11.3 Å². The Balaban J connectivity index is 1.45. The molecule has 148 valence electrons. The second kappa shape index (κ2) is 8.32. The number of fused-ring (bicyclic) bond motifs is 1. The van der Waals surface area contributed by atoms with E-state index < -0.39 is 0 Å². The van der Waals surface area contributed by atoms with E-state index in [4.69, 9.17) is 20.8 Å². The first kappa shape index (κ1) is 19.6. The molecule has 0 unspecified atom stereocenters. The van der Waals surface area contributed by atoms with Crippen LogP contribution in [-0.2, 0) is 19.4 Å². The molecule has 0 atom stereocenters. The number of para-hydroxylation sites is 1. The van der Waals surface area contributed by atoms with Gasteiger partial charge in [-0.2, -0.15) is 5.26 Å². The lowest BCUT2D eigenvalue weighted by atomic mass is 9.96. The van der Waals surface area contributed by atoms with Gasteiger partial charge in [-0.3, -0.25) is 4.79 Å². The zero-order valence-corrected chi connectivity index (χ0v) is 17.5. The third kappa shape index (κ3) is 4.02. The number of carbonyl (C=O) groups excluding carboxylic acids is 1. The molecular weight excluding hydrogens is 408 g/mol. The van der Waals surface area contributed by atoms with Gasteiger partial charge in [0.1, 0.15) is 29.2 Å². The molecule has 29 heavy (non-hydrogen) atoms. The summed E-state index contributed by atoms with van der Waals surface area (Å²) < 4.78 is 11.4. The van der Waals surface area contributed by atoms with Crippen LogP contribution in [0.2, 0.25) is 5.02 Å². The summed E-state index contributed by atoms with van der Waals surface area (Å²) in [5, 5.41) is 13.5. The highest BCUT2D eigenvalue weighted by Gasteiger charge is 2.23. The quantitative estimate of drug-likeness (QED) is 0.552. The molecule has 0 saturated heterocycles. The topological polar surface area (TPSA) is 75.3 Å². The number of hydrogen-bond donors (Lipinski definition) is 1. The molecule has 1 aliphatic rings. The highest BCUT2D eigenvalue weighted by molar-refractivity contribution is 7.16. The Labute approximate surface area is 177 Å². The first-order chi connectivity index (χ1) is 14.1. The standard InChI is InChI=1S/C22H19ClN2O3S/c1-13-5-4-7-17(23)20(13)27-12-14-9-10-18(28-14)21(26)25-22-16(11-24)15-6-2-3-8-19(15)29-22/h4-5,7,9-10H,2-3,6,8,12H2,1H3,(H,25,26). The Morgan fingerprint density at radius 3 is 2.93 bits per heavy atom. The SMILES string of the molecule is Cc1cccc(Cl)c1OCc1ccc(C(=O)Nc2sc3c(c2C#N)CCCC3)o1. The second-order valence-electron chi connectivity index (χ2n) is 6.92. The van der Waals surface area contributed by atoms with E-state index in [9.17, 15) is 10.1 Å². The summed E-state index contributed by atoms with van der Waals surface area (Å²) in [7, 11) is 0. The fourth-order valence-electron chi connectivity index (χ4n) is 3.46. The third-order valence-corrected chi connectivity index (χ3v) is 6.42. The number of hydrogen-bond acceptors (Lipinski definition) is 5. The van der Waals surface area contributed by atoms with Gasteiger partial charge in [0.05, 0.1) is 10.6 Å². The zero-order chi connectivity index (χ0) is 20.4. The second-order valence-corrected chi connectivity index (χ2v) is 8.43. The molecule has 2 aromatic heterocycles. The zero-order valence-electron chi connectivity index (χ0n) is 15.9. The lowest BCUT2D eigenvalue weighted by molar-refractivity contribution is 0.0993. The third-order valence-electron chi connectivity index (χ3n) is 4.92. The maximum atomic E-state index is 12.6. The van der Waals surface area contributed by atoms with Crippen LogP contribution in [0.15, 0.2) is 34.7 Å². The van der Waals surface area contributed by atoms with Gasteiger partial charge in [-0.05, 0) is 61.9 Å². The molecule has 4 rings (SSSR count). The minimum Gasteiger partial charge on any atom is -0.484 e. The molecule has 0 bridgehead atoms. The van der Waals surface area contributed by atoms with E-state index in [0.717, 1.165) is 36.8 Å². The Kier molecular flexibility index (Phi) is 5.61. The van der Waals surface area contributed by atoms with Crippen LogP contribution in [0.25, 0.3) is 0 Å². The van der Waals surface area contributed by atoms with Crippen LogP contribution >= 0.6 is 22.9 Å². The number of nitrogens with zero attached hydrogens (tertiary/aromatic N) is 1. The summed E-state index contributed by atoms with van der Waals surface area (Å²) in [4.78, 5) is 13.8. The molecule has 0 spiro atoms. The number of aryl methyl sites for hydroxylation is 2. The number of ether oxygens (including phenoxy) is 1. The first-order valence-corrected chi connectivity index (χ1v) is 10.6. The van der Waals surface area contributed by atoms with E-state index in [1.165, 1.54) is 16.2 Å². The molecule has 1 aliphatic carbocycles. The highest BCUT2D eigenvalue weighted by atomic mass is 35.5. The summed E-state index contributed by atoms with van der Waals surface area (Å²) in [6, 6.07) is 11.1. The summed E-state index contributed by atoms with van der Waals surface area (Å²) in [5.74, 6) is 0.912. The van der Waals surface area contributed by atoms with Crippen molar-refractivity contribution >= 4 is 33.8 Å². The maximum absolute atomic E-state index is 12.6. The van der Waals surface area contributed by atoms with Gasteiger partial charge < -0.3 is 14.5 Å². The summed E-state index contributed by atoms with van der Waals surface area (Å²) in [6.45, 7) is 2.07. The predicted molar refractivity (Wildman–Crippen MR) is 113 cm³/mol. The van der Waals surface area contributed by atoms with Crippen molar-refractivity contribution in [1.82, 2.24) is 0 Å². The van der Waals surface area contributed by atoms with E-state index in [1.807, 2.05) is 19.1 Å². The number of nitriles is 1. The molecule has 0 saturated carbocycles. The minimum absolute atomic E-state index is 0.161. The van der Waals surface area contributed by atoms with Crippen molar-refractivity contribution in [1.29, 1.82) is 5.26 Å². The molecule has 3 aromatic rings. The van der Waals surface area contributed by atoms with Crippen molar-refractivity contribution in [2.24, 2.45) is 0 Å². The van der Waals surface area contributed by atoms with E-state index in [2.05, 4.69) is 11.4 Å².